The molecule has 62 valence electrons. The van der Waals surface area contributed by atoms with Gasteiger partial charge in [-0.05, 0) is 19.9 Å². The molecule has 0 bridgehead atoms. The van der Waals surface area contributed by atoms with Crippen molar-refractivity contribution in [3.05, 3.63) is 24.0 Å². The first-order valence-electron chi connectivity index (χ1n) is 3.69. The van der Waals surface area contributed by atoms with Gasteiger partial charge < -0.3 is 4.74 Å². The lowest BCUT2D eigenvalue weighted by Crippen LogP contribution is -2.02. The Bertz CT molecular complexity index is 192. The summed E-state index contributed by atoms with van der Waals surface area (Å²) in [5, 5.41) is 7.32. The molecule has 0 aliphatic carbocycles. The SMILES string of the molecule is C=C(C)C(=N)O/C(=C\C)CC. The summed E-state index contributed by atoms with van der Waals surface area (Å²) in [5.41, 5.74) is 0.651. The minimum atomic E-state index is 0.153. The first-order valence-corrected chi connectivity index (χ1v) is 3.69. The molecule has 0 aromatic heterocycles. The average Bonchev–Trinajstić information content (AvgIpc) is 1.99. The van der Waals surface area contributed by atoms with E-state index in [1.54, 1.807) is 6.92 Å². The maximum absolute atomic E-state index is 7.32. The molecule has 0 atom stereocenters. The summed E-state index contributed by atoms with van der Waals surface area (Å²) in [5.74, 6) is 0.970. The van der Waals surface area contributed by atoms with Gasteiger partial charge in [0.25, 0.3) is 0 Å². The maximum atomic E-state index is 7.32. The van der Waals surface area contributed by atoms with E-state index < -0.39 is 0 Å². The second-order valence-corrected chi connectivity index (χ2v) is 2.32. The van der Waals surface area contributed by atoms with Gasteiger partial charge in [-0.1, -0.05) is 13.5 Å². The number of nitrogens with one attached hydrogen (secondary N) is 1. The minimum Gasteiger partial charge on any atom is -0.444 e. The molecule has 0 saturated carbocycles. The Morgan fingerprint density at radius 1 is 1.64 bits per heavy atom. The average molecular weight is 153 g/mol. The monoisotopic (exact) mass is 153 g/mol. The van der Waals surface area contributed by atoms with Crippen LogP contribution in [0.1, 0.15) is 27.2 Å². The molecule has 0 aliphatic heterocycles. The van der Waals surface area contributed by atoms with E-state index in [-0.39, 0.29) is 5.90 Å². The van der Waals surface area contributed by atoms with E-state index in [0.29, 0.717) is 5.57 Å². The van der Waals surface area contributed by atoms with Crippen LogP contribution in [-0.2, 0) is 4.74 Å². The zero-order chi connectivity index (χ0) is 8.85. The number of allylic oxidation sites excluding steroid dienone is 2. The highest BCUT2D eigenvalue weighted by atomic mass is 16.5. The van der Waals surface area contributed by atoms with Crippen LogP contribution in [0, 0.1) is 5.41 Å². The van der Waals surface area contributed by atoms with Gasteiger partial charge in [-0.15, -0.1) is 0 Å². The standard InChI is InChI=1S/C9H15NO/c1-5-8(6-2)11-9(10)7(3)4/h5,10H,3,6H2,1-2,4H3/b8-5-,10-9?. The van der Waals surface area contributed by atoms with Gasteiger partial charge in [0.1, 0.15) is 5.76 Å². The minimum absolute atomic E-state index is 0.153. The van der Waals surface area contributed by atoms with Crippen LogP contribution in [0.4, 0.5) is 0 Å². The summed E-state index contributed by atoms with van der Waals surface area (Å²) < 4.78 is 5.16. The number of rotatable bonds is 3. The molecule has 0 unspecified atom stereocenters. The molecule has 11 heavy (non-hydrogen) atoms. The lowest BCUT2D eigenvalue weighted by Gasteiger charge is -2.07. The predicted octanol–water partition coefficient (Wildman–Crippen LogP) is 2.87. The van der Waals surface area contributed by atoms with Crippen molar-refractivity contribution >= 4 is 5.90 Å². The fourth-order valence-electron chi connectivity index (χ4n) is 0.553. The second kappa shape index (κ2) is 4.72. The van der Waals surface area contributed by atoms with Crippen molar-refractivity contribution in [2.24, 2.45) is 0 Å². The van der Waals surface area contributed by atoms with E-state index >= 15 is 0 Å². The Balaban J connectivity index is 4.04. The quantitative estimate of drug-likeness (QED) is 0.377. The molecule has 0 spiro atoms. The van der Waals surface area contributed by atoms with E-state index in [1.807, 2.05) is 19.9 Å². The van der Waals surface area contributed by atoms with E-state index in [4.69, 9.17) is 10.1 Å². The van der Waals surface area contributed by atoms with Gasteiger partial charge in [0.2, 0.25) is 5.90 Å². The number of ether oxygens (including phenoxy) is 1. The van der Waals surface area contributed by atoms with Crippen molar-refractivity contribution in [1.82, 2.24) is 0 Å². The van der Waals surface area contributed by atoms with Crippen LogP contribution in [0.15, 0.2) is 24.0 Å². The highest BCUT2D eigenvalue weighted by Gasteiger charge is 2.00. The van der Waals surface area contributed by atoms with E-state index in [9.17, 15) is 0 Å². The van der Waals surface area contributed by atoms with Crippen molar-refractivity contribution in [3.8, 4) is 0 Å². The van der Waals surface area contributed by atoms with Crippen LogP contribution in [0.3, 0.4) is 0 Å². The fourth-order valence-corrected chi connectivity index (χ4v) is 0.553. The topological polar surface area (TPSA) is 33.1 Å². The Kier molecular flexibility index (Phi) is 4.27. The van der Waals surface area contributed by atoms with Gasteiger partial charge in [0.15, 0.2) is 0 Å². The maximum Gasteiger partial charge on any atom is 0.213 e. The van der Waals surface area contributed by atoms with Crippen LogP contribution in [0.25, 0.3) is 0 Å². The molecular weight excluding hydrogens is 138 g/mol. The molecular formula is C9H15NO. The van der Waals surface area contributed by atoms with Crippen molar-refractivity contribution in [2.45, 2.75) is 27.2 Å². The predicted molar refractivity (Wildman–Crippen MR) is 47.7 cm³/mol. The third-order valence-electron chi connectivity index (χ3n) is 1.29. The summed E-state index contributed by atoms with van der Waals surface area (Å²) in [4.78, 5) is 0. The molecule has 2 nitrogen and oxygen atoms in total. The zero-order valence-electron chi connectivity index (χ0n) is 7.40. The van der Waals surface area contributed by atoms with Crippen molar-refractivity contribution in [2.75, 3.05) is 0 Å². The van der Waals surface area contributed by atoms with Gasteiger partial charge in [-0.2, -0.15) is 0 Å². The molecule has 0 aromatic carbocycles. The molecule has 0 radical (unpaired) electrons. The van der Waals surface area contributed by atoms with Gasteiger partial charge in [-0.3, -0.25) is 5.41 Å². The number of hydrogen-bond acceptors (Lipinski definition) is 2. The summed E-state index contributed by atoms with van der Waals surface area (Å²) in [6, 6.07) is 0. The molecule has 0 aromatic rings. The van der Waals surface area contributed by atoms with Crippen LogP contribution in [-0.4, -0.2) is 5.90 Å². The van der Waals surface area contributed by atoms with E-state index in [0.717, 1.165) is 12.2 Å². The summed E-state index contributed by atoms with van der Waals surface area (Å²) in [7, 11) is 0. The highest BCUT2D eigenvalue weighted by molar-refractivity contribution is 5.90. The molecule has 0 fully saturated rings. The Morgan fingerprint density at radius 2 is 2.18 bits per heavy atom. The van der Waals surface area contributed by atoms with E-state index in [1.165, 1.54) is 0 Å². The first kappa shape index (κ1) is 9.95. The summed E-state index contributed by atoms with van der Waals surface area (Å²) in [6.45, 7) is 9.24. The van der Waals surface area contributed by atoms with Gasteiger partial charge in [0, 0.05) is 12.0 Å². The molecule has 0 rings (SSSR count). The Hall–Kier alpha value is -1.05. The lowest BCUT2D eigenvalue weighted by atomic mass is 10.3. The van der Waals surface area contributed by atoms with Gasteiger partial charge in [0.05, 0.1) is 0 Å². The van der Waals surface area contributed by atoms with E-state index in [2.05, 4.69) is 6.58 Å². The zero-order valence-corrected chi connectivity index (χ0v) is 7.40. The van der Waals surface area contributed by atoms with Crippen molar-refractivity contribution in [3.63, 3.8) is 0 Å². The van der Waals surface area contributed by atoms with Crippen LogP contribution in [0.2, 0.25) is 0 Å². The van der Waals surface area contributed by atoms with Crippen LogP contribution in [0.5, 0.6) is 0 Å². The van der Waals surface area contributed by atoms with Crippen LogP contribution >= 0.6 is 0 Å². The highest BCUT2D eigenvalue weighted by Crippen LogP contribution is 2.05. The number of hydrogen-bond donors (Lipinski definition) is 1. The van der Waals surface area contributed by atoms with Gasteiger partial charge in [-0.25, -0.2) is 0 Å². The molecule has 0 heterocycles. The first-order chi connectivity index (χ1) is 5.11. The lowest BCUT2D eigenvalue weighted by molar-refractivity contribution is 0.394. The van der Waals surface area contributed by atoms with Crippen molar-refractivity contribution < 1.29 is 4.74 Å². The molecule has 0 aliphatic rings. The Labute approximate surface area is 68.1 Å². The van der Waals surface area contributed by atoms with Crippen LogP contribution < -0.4 is 0 Å². The smallest absolute Gasteiger partial charge is 0.213 e. The Morgan fingerprint density at radius 3 is 2.45 bits per heavy atom. The fraction of sp³-hybridized carbons (Fsp3) is 0.444. The summed E-state index contributed by atoms with van der Waals surface area (Å²) in [6.07, 6.45) is 2.67. The largest absolute Gasteiger partial charge is 0.444 e. The third-order valence-corrected chi connectivity index (χ3v) is 1.29. The third kappa shape index (κ3) is 3.61. The van der Waals surface area contributed by atoms with Gasteiger partial charge >= 0.3 is 0 Å². The normalized spacial score (nSPS) is 11.0. The van der Waals surface area contributed by atoms with Crippen molar-refractivity contribution in [1.29, 1.82) is 5.41 Å². The molecule has 0 saturated heterocycles. The second-order valence-electron chi connectivity index (χ2n) is 2.32. The molecule has 0 amide bonds. The molecule has 2 heteroatoms. The summed E-state index contributed by atoms with van der Waals surface area (Å²) >= 11 is 0. The molecule has 1 N–H and O–H groups in total.